The molecule has 4 aromatic rings. The monoisotopic (exact) mass is 528 g/mol. The van der Waals surface area contributed by atoms with E-state index in [0.717, 1.165) is 16.8 Å². The zero-order valence-electron chi connectivity index (χ0n) is 20.0. The summed E-state index contributed by atoms with van der Waals surface area (Å²) in [7, 11) is 0. The van der Waals surface area contributed by atoms with E-state index in [0.29, 0.717) is 44.1 Å². The van der Waals surface area contributed by atoms with Crippen LogP contribution in [0.1, 0.15) is 57.4 Å². The fraction of sp³-hybridized carbons (Fsp3) is 0.370. The Kier molecular flexibility index (Phi) is 6.69. The highest BCUT2D eigenvalue weighted by Gasteiger charge is 2.37. The first-order valence-corrected chi connectivity index (χ1v) is 13.0. The number of halogens is 3. The van der Waals surface area contributed by atoms with E-state index in [-0.39, 0.29) is 5.41 Å². The van der Waals surface area contributed by atoms with Crippen molar-refractivity contribution in [3.8, 4) is 28.5 Å². The SMILES string of the molecule is Cc1c(-c2nnc(C(C)(C)C3CCCCC3)o2)nn(-c2ccc(Cl)cc2Cl)c1-c1ccc(Cl)cc1. The minimum atomic E-state index is -0.194. The summed E-state index contributed by atoms with van der Waals surface area (Å²) in [5.74, 6) is 1.59. The molecular formula is C27H27Cl3N4O. The predicted octanol–water partition coefficient (Wildman–Crippen LogP) is 8.72. The third-order valence-electron chi connectivity index (χ3n) is 7.18. The summed E-state index contributed by atoms with van der Waals surface area (Å²) in [6.07, 6.45) is 6.19. The van der Waals surface area contributed by atoms with Crippen molar-refractivity contribution in [2.75, 3.05) is 0 Å². The lowest BCUT2D eigenvalue weighted by Gasteiger charge is -2.34. The summed E-state index contributed by atoms with van der Waals surface area (Å²) in [6, 6.07) is 13.0. The quantitative estimate of drug-likeness (QED) is 0.259. The van der Waals surface area contributed by atoms with Gasteiger partial charge in [0.05, 0.1) is 16.4 Å². The van der Waals surface area contributed by atoms with Gasteiger partial charge in [0, 0.05) is 26.6 Å². The van der Waals surface area contributed by atoms with Crippen LogP contribution in [-0.4, -0.2) is 20.0 Å². The molecule has 5 rings (SSSR count). The third-order valence-corrected chi connectivity index (χ3v) is 7.97. The zero-order chi connectivity index (χ0) is 24.7. The molecule has 0 unspecified atom stereocenters. The molecule has 35 heavy (non-hydrogen) atoms. The van der Waals surface area contributed by atoms with Crippen LogP contribution in [-0.2, 0) is 5.41 Å². The number of nitrogens with zero attached hydrogens (tertiary/aromatic N) is 4. The molecule has 0 bridgehead atoms. The molecule has 1 saturated carbocycles. The standard InChI is InChI=1S/C27H27Cl3N4O/c1-16-23(25-31-32-26(35-25)27(2,3)18-7-5-4-6-8-18)33-34(22-14-13-20(29)15-21(22)30)24(16)17-9-11-19(28)12-10-17/h9-15,18H,4-8H2,1-3H3. The van der Waals surface area contributed by atoms with Gasteiger partial charge in [-0.25, -0.2) is 4.68 Å². The minimum absolute atomic E-state index is 0.194. The Bertz CT molecular complexity index is 1350. The van der Waals surface area contributed by atoms with Gasteiger partial charge in [-0.3, -0.25) is 0 Å². The highest BCUT2D eigenvalue weighted by Crippen LogP contribution is 2.42. The normalized spacial score (nSPS) is 15.0. The van der Waals surface area contributed by atoms with Gasteiger partial charge in [-0.1, -0.05) is 80.0 Å². The first-order chi connectivity index (χ1) is 16.8. The van der Waals surface area contributed by atoms with Crippen LogP contribution in [0.15, 0.2) is 46.9 Å². The fourth-order valence-electron chi connectivity index (χ4n) is 5.05. The van der Waals surface area contributed by atoms with Gasteiger partial charge < -0.3 is 4.42 Å². The van der Waals surface area contributed by atoms with Crippen molar-refractivity contribution in [3.63, 3.8) is 0 Å². The van der Waals surface area contributed by atoms with Gasteiger partial charge in [0.15, 0.2) is 5.69 Å². The highest BCUT2D eigenvalue weighted by atomic mass is 35.5. The van der Waals surface area contributed by atoms with E-state index in [4.69, 9.17) is 44.3 Å². The number of hydrogen-bond donors (Lipinski definition) is 0. The van der Waals surface area contributed by atoms with E-state index in [1.54, 1.807) is 12.1 Å². The molecule has 182 valence electrons. The Morgan fingerprint density at radius 3 is 2.29 bits per heavy atom. The summed E-state index contributed by atoms with van der Waals surface area (Å²) in [5, 5.41) is 15.5. The first kappa shape index (κ1) is 24.4. The lowest BCUT2D eigenvalue weighted by molar-refractivity contribution is 0.200. The Hall–Kier alpha value is -2.34. The van der Waals surface area contributed by atoms with Crippen molar-refractivity contribution in [3.05, 3.63) is 69.0 Å². The minimum Gasteiger partial charge on any atom is -0.419 e. The molecule has 2 heterocycles. The molecule has 0 aliphatic heterocycles. The van der Waals surface area contributed by atoms with Crippen LogP contribution < -0.4 is 0 Å². The van der Waals surface area contributed by atoms with Crippen molar-refractivity contribution in [1.29, 1.82) is 0 Å². The van der Waals surface area contributed by atoms with Gasteiger partial charge in [-0.2, -0.15) is 5.10 Å². The molecule has 2 aromatic heterocycles. The van der Waals surface area contributed by atoms with Gasteiger partial charge in [0.2, 0.25) is 5.89 Å². The fourth-order valence-corrected chi connectivity index (χ4v) is 5.67. The maximum absolute atomic E-state index is 6.59. The van der Waals surface area contributed by atoms with Crippen molar-refractivity contribution in [2.24, 2.45) is 5.92 Å². The highest BCUT2D eigenvalue weighted by molar-refractivity contribution is 6.35. The second kappa shape index (κ2) is 9.61. The van der Waals surface area contributed by atoms with Crippen LogP contribution >= 0.6 is 34.8 Å². The molecule has 0 saturated heterocycles. The van der Waals surface area contributed by atoms with Gasteiger partial charge in [0.1, 0.15) is 0 Å². The smallest absolute Gasteiger partial charge is 0.268 e. The molecule has 1 fully saturated rings. The molecule has 1 aliphatic rings. The number of hydrogen-bond acceptors (Lipinski definition) is 4. The number of rotatable bonds is 5. The average Bonchev–Trinajstić information content (AvgIpc) is 3.46. The predicted molar refractivity (Wildman–Crippen MR) is 142 cm³/mol. The van der Waals surface area contributed by atoms with Gasteiger partial charge in [-0.05, 0) is 56.0 Å². The summed E-state index contributed by atoms with van der Waals surface area (Å²) in [4.78, 5) is 0. The molecular weight excluding hydrogens is 503 g/mol. The molecule has 1 aliphatic carbocycles. The zero-order valence-corrected chi connectivity index (χ0v) is 22.3. The largest absolute Gasteiger partial charge is 0.419 e. The Morgan fingerprint density at radius 1 is 0.914 bits per heavy atom. The molecule has 5 nitrogen and oxygen atoms in total. The van der Waals surface area contributed by atoms with Crippen LogP contribution in [0.25, 0.3) is 28.5 Å². The van der Waals surface area contributed by atoms with Crippen molar-refractivity contribution < 1.29 is 4.42 Å². The van der Waals surface area contributed by atoms with Crippen LogP contribution in [0.4, 0.5) is 0 Å². The van der Waals surface area contributed by atoms with Crippen LogP contribution in [0, 0.1) is 12.8 Å². The average molecular weight is 530 g/mol. The van der Waals surface area contributed by atoms with Crippen molar-refractivity contribution >= 4 is 34.8 Å². The second-order valence-corrected chi connectivity index (χ2v) is 11.1. The van der Waals surface area contributed by atoms with E-state index in [2.05, 4.69) is 24.0 Å². The summed E-state index contributed by atoms with van der Waals surface area (Å²) in [5.41, 5.74) is 3.85. The van der Waals surface area contributed by atoms with E-state index in [9.17, 15) is 0 Å². The molecule has 2 aromatic carbocycles. The van der Waals surface area contributed by atoms with E-state index in [1.807, 2.05) is 41.9 Å². The second-order valence-electron chi connectivity index (χ2n) is 9.81. The maximum Gasteiger partial charge on any atom is 0.268 e. The van der Waals surface area contributed by atoms with E-state index < -0.39 is 0 Å². The lowest BCUT2D eigenvalue weighted by atomic mass is 9.71. The molecule has 8 heteroatoms. The van der Waals surface area contributed by atoms with Crippen LogP contribution in [0.2, 0.25) is 15.1 Å². The Labute approximate surface area is 220 Å². The molecule has 0 atom stereocenters. The summed E-state index contributed by atoms with van der Waals surface area (Å²) >= 11 is 18.9. The molecule has 0 amide bonds. The maximum atomic E-state index is 6.59. The Balaban J connectivity index is 1.62. The number of benzene rings is 2. The first-order valence-electron chi connectivity index (χ1n) is 11.9. The molecule has 0 spiro atoms. The van der Waals surface area contributed by atoms with Gasteiger partial charge in [0.25, 0.3) is 5.89 Å². The van der Waals surface area contributed by atoms with E-state index in [1.165, 1.54) is 32.1 Å². The summed E-state index contributed by atoms with van der Waals surface area (Å²) in [6.45, 7) is 6.42. The molecule has 0 radical (unpaired) electrons. The van der Waals surface area contributed by atoms with Crippen LogP contribution in [0.3, 0.4) is 0 Å². The lowest BCUT2D eigenvalue weighted by Crippen LogP contribution is -2.30. The molecule has 0 N–H and O–H groups in total. The van der Waals surface area contributed by atoms with Gasteiger partial charge in [-0.15, -0.1) is 10.2 Å². The van der Waals surface area contributed by atoms with Crippen molar-refractivity contribution in [1.82, 2.24) is 20.0 Å². The van der Waals surface area contributed by atoms with E-state index >= 15 is 0 Å². The van der Waals surface area contributed by atoms with Gasteiger partial charge >= 0.3 is 0 Å². The summed E-state index contributed by atoms with van der Waals surface area (Å²) < 4.78 is 8.11. The topological polar surface area (TPSA) is 56.7 Å². The third kappa shape index (κ3) is 4.62. The number of aromatic nitrogens is 4. The van der Waals surface area contributed by atoms with Crippen molar-refractivity contribution in [2.45, 2.75) is 58.3 Å². The Morgan fingerprint density at radius 2 is 1.60 bits per heavy atom. The van der Waals surface area contributed by atoms with Crippen LogP contribution in [0.5, 0.6) is 0 Å².